The van der Waals surface area contributed by atoms with Crippen LogP contribution in [-0.4, -0.2) is 22.4 Å². The summed E-state index contributed by atoms with van der Waals surface area (Å²) in [4.78, 5) is 8.13. The van der Waals surface area contributed by atoms with Gasteiger partial charge in [-0.25, -0.2) is 9.97 Å². The Balaban J connectivity index is 2.60. The number of alkyl halides is 1. The van der Waals surface area contributed by atoms with Crippen molar-refractivity contribution < 1.29 is 0 Å². The van der Waals surface area contributed by atoms with Crippen LogP contribution in [0.1, 0.15) is 12.6 Å². The van der Waals surface area contributed by atoms with Gasteiger partial charge < -0.3 is 5.32 Å². The van der Waals surface area contributed by atoms with Gasteiger partial charge in [-0.05, 0) is 6.42 Å². The average Bonchev–Trinajstić information content (AvgIpc) is 2.15. The summed E-state index contributed by atoms with van der Waals surface area (Å²) < 4.78 is 0. The second-order valence-corrected chi connectivity index (χ2v) is 2.74. The number of hydrogen-bond acceptors (Lipinski definition) is 3. The quantitative estimate of drug-likeness (QED) is 0.726. The normalized spacial score (nSPS) is 9.83. The summed E-state index contributed by atoms with van der Waals surface area (Å²) in [5.41, 5.74) is 1.04. The molecule has 3 nitrogen and oxygen atoms in total. The monoisotopic (exact) mass is 185 g/mol. The predicted molar refractivity (Wildman–Crippen MR) is 50.6 cm³/mol. The minimum Gasteiger partial charge on any atom is -0.369 e. The molecule has 0 atom stereocenters. The lowest BCUT2D eigenvalue weighted by atomic mass is 10.3. The molecule has 0 unspecified atom stereocenters. The third kappa shape index (κ3) is 2.66. The Morgan fingerprint density at radius 1 is 1.50 bits per heavy atom. The molecule has 0 aliphatic carbocycles. The fraction of sp³-hybridized carbons (Fsp3) is 0.500. The molecule has 0 amide bonds. The molecule has 1 rings (SSSR count). The van der Waals surface area contributed by atoms with Crippen molar-refractivity contribution in [3.63, 3.8) is 0 Å². The van der Waals surface area contributed by atoms with Gasteiger partial charge in [-0.2, -0.15) is 0 Å². The van der Waals surface area contributed by atoms with Crippen LogP contribution in [0.4, 0.5) is 5.82 Å². The van der Waals surface area contributed by atoms with Gasteiger partial charge >= 0.3 is 0 Å². The van der Waals surface area contributed by atoms with E-state index in [9.17, 15) is 0 Å². The minimum absolute atomic E-state index is 0.589. The molecule has 0 aliphatic heterocycles. The number of nitrogens with one attached hydrogen (secondary N) is 1. The smallest absolute Gasteiger partial charge is 0.129 e. The maximum absolute atomic E-state index is 5.52. The van der Waals surface area contributed by atoms with Gasteiger partial charge in [-0.1, -0.05) is 6.92 Å². The highest BCUT2D eigenvalue weighted by Crippen LogP contribution is 2.03. The Morgan fingerprint density at radius 2 is 2.33 bits per heavy atom. The first-order valence-corrected chi connectivity index (χ1v) is 4.51. The summed E-state index contributed by atoms with van der Waals surface area (Å²) >= 11 is 5.52. The number of hydrogen-bond donors (Lipinski definition) is 1. The molecule has 0 radical (unpaired) electrons. The second-order valence-electron chi connectivity index (χ2n) is 2.36. The summed E-state index contributed by atoms with van der Waals surface area (Å²) in [7, 11) is 0. The second kappa shape index (κ2) is 4.93. The molecule has 0 aliphatic rings. The van der Waals surface area contributed by atoms with E-state index in [4.69, 9.17) is 11.6 Å². The summed E-state index contributed by atoms with van der Waals surface area (Å²) in [6, 6.07) is 1.94. The molecule has 0 saturated carbocycles. The van der Waals surface area contributed by atoms with Crippen molar-refractivity contribution in [2.24, 2.45) is 0 Å². The van der Waals surface area contributed by atoms with E-state index >= 15 is 0 Å². The molecule has 0 aromatic carbocycles. The Morgan fingerprint density at radius 3 is 3.00 bits per heavy atom. The van der Waals surface area contributed by atoms with Crippen LogP contribution < -0.4 is 5.32 Å². The third-order valence-electron chi connectivity index (χ3n) is 1.49. The van der Waals surface area contributed by atoms with E-state index in [0.717, 1.165) is 24.5 Å². The van der Waals surface area contributed by atoms with E-state index in [1.807, 2.05) is 6.07 Å². The molecule has 0 spiro atoms. The van der Waals surface area contributed by atoms with Crippen LogP contribution in [0.5, 0.6) is 0 Å². The van der Waals surface area contributed by atoms with E-state index < -0.39 is 0 Å². The van der Waals surface area contributed by atoms with Crippen LogP contribution in [0.2, 0.25) is 0 Å². The molecule has 1 aromatic rings. The molecule has 1 N–H and O–H groups in total. The Labute approximate surface area is 77.2 Å². The Hall–Kier alpha value is -0.830. The van der Waals surface area contributed by atoms with E-state index in [-0.39, 0.29) is 0 Å². The summed E-state index contributed by atoms with van der Waals surface area (Å²) in [6.07, 6.45) is 2.49. The molecule has 4 heteroatoms. The van der Waals surface area contributed by atoms with Crippen molar-refractivity contribution >= 4 is 17.4 Å². The highest BCUT2D eigenvalue weighted by molar-refractivity contribution is 6.18. The lowest BCUT2D eigenvalue weighted by molar-refractivity contribution is 0.992. The van der Waals surface area contributed by atoms with Gasteiger partial charge in [-0.15, -0.1) is 11.6 Å². The van der Waals surface area contributed by atoms with Crippen LogP contribution in [0.25, 0.3) is 0 Å². The Kier molecular flexibility index (Phi) is 3.80. The largest absolute Gasteiger partial charge is 0.369 e. The van der Waals surface area contributed by atoms with Gasteiger partial charge in [0.25, 0.3) is 0 Å². The van der Waals surface area contributed by atoms with Gasteiger partial charge in [0.15, 0.2) is 0 Å². The molecule has 12 heavy (non-hydrogen) atoms. The molecular weight excluding hydrogens is 174 g/mol. The van der Waals surface area contributed by atoms with Crippen LogP contribution >= 0.6 is 11.6 Å². The number of halogens is 1. The van der Waals surface area contributed by atoms with E-state index in [1.165, 1.54) is 0 Å². The molecule has 0 fully saturated rings. The van der Waals surface area contributed by atoms with Crippen molar-refractivity contribution in [1.29, 1.82) is 0 Å². The molecule has 0 bridgehead atoms. The van der Waals surface area contributed by atoms with Gasteiger partial charge in [0, 0.05) is 24.2 Å². The first kappa shape index (κ1) is 9.26. The number of anilines is 1. The maximum Gasteiger partial charge on any atom is 0.129 e. The zero-order valence-corrected chi connectivity index (χ0v) is 7.80. The number of aryl methyl sites for hydroxylation is 1. The van der Waals surface area contributed by atoms with E-state index in [1.54, 1.807) is 6.33 Å². The third-order valence-corrected chi connectivity index (χ3v) is 1.68. The Bertz CT molecular complexity index is 239. The molecule has 1 aromatic heterocycles. The highest BCUT2D eigenvalue weighted by atomic mass is 35.5. The topological polar surface area (TPSA) is 37.8 Å². The summed E-state index contributed by atoms with van der Waals surface area (Å²) in [5.74, 6) is 1.44. The van der Waals surface area contributed by atoms with Crippen molar-refractivity contribution in [1.82, 2.24) is 9.97 Å². The zero-order valence-electron chi connectivity index (χ0n) is 7.05. The van der Waals surface area contributed by atoms with Gasteiger partial charge in [0.2, 0.25) is 0 Å². The average molecular weight is 186 g/mol. The maximum atomic E-state index is 5.52. The number of rotatable bonds is 4. The van der Waals surface area contributed by atoms with Gasteiger partial charge in [0.05, 0.1) is 0 Å². The lowest BCUT2D eigenvalue weighted by Crippen LogP contribution is -2.05. The standard InChI is InChI=1S/C8H12ClN3/c1-2-7-5-8(10-4-3-9)12-6-11-7/h5-6H,2-4H2,1H3,(H,10,11,12). The van der Waals surface area contributed by atoms with Crippen LogP contribution in [0.3, 0.4) is 0 Å². The van der Waals surface area contributed by atoms with Gasteiger partial charge in [-0.3, -0.25) is 0 Å². The van der Waals surface area contributed by atoms with Crippen LogP contribution in [0.15, 0.2) is 12.4 Å². The number of aromatic nitrogens is 2. The minimum atomic E-state index is 0.589. The van der Waals surface area contributed by atoms with Crippen molar-refractivity contribution in [3.8, 4) is 0 Å². The molecule has 0 saturated heterocycles. The summed E-state index contributed by atoms with van der Waals surface area (Å²) in [5, 5.41) is 3.09. The van der Waals surface area contributed by atoms with Crippen LogP contribution in [0, 0.1) is 0 Å². The molecule has 1 heterocycles. The first-order valence-electron chi connectivity index (χ1n) is 3.97. The SMILES string of the molecule is CCc1cc(NCCCl)ncn1. The highest BCUT2D eigenvalue weighted by Gasteiger charge is 1.94. The number of nitrogens with zero attached hydrogens (tertiary/aromatic N) is 2. The molecular formula is C8H12ClN3. The zero-order chi connectivity index (χ0) is 8.81. The van der Waals surface area contributed by atoms with E-state index in [0.29, 0.717) is 5.88 Å². The van der Waals surface area contributed by atoms with E-state index in [2.05, 4.69) is 22.2 Å². The van der Waals surface area contributed by atoms with Gasteiger partial charge in [0.1, 0.15) is 12.1 Å². The van der Waals surface area contributed by atoms with Crippen molar-refractivity contribution in [3.05, 3.63) is 18.1 Å². The fourth-order valence-electron chi connectivity index (χ4n) is 0.863. The van der Waals surface area contributed by atoms with Crippen molar-refractivity contribution in [2.45, 2.75) is 13.3 Å². The predicted octanol–water partition coefficient (Wildman–Crippen LogP) is 1.69. The fourth-order valence-corrected chi connectivity index (χ4v) is 0.957. The first-order chi connectivity index (χ1) is 5.86. The molecule has 66 valence electrons. The summed E-state index contributed by atoms with van der Waals surface area (Å²) in [6.45, 7) is 2.80. The van der Waals surface area contributed by atoms with Crippen molar-refractivity contribution in [2.75, 3.05) is 17.7 Å². The van der Waals surface area contributed by atoms with Crippen LogP contribution in [-0.2, 0) is 6.42 Å². The lowest BCUT2D eigenvalue weighted by Gasteiger charge is -2.02.